The van der Waals surface area contributed by atoms with Gasteiger partial charge < -0.3 is 4.90 Å². The third-order valence-electron chi connectivity index (χ3n) is 2.08. The molecule has 19 heavy (non-hydrogen) atoms. The van der Waals surface area contributed by atoms with Gasteiger partial charge in [-0.15, -0.1) is 0 Å². The summed E-state index contributed by atoms with van der Waals surface area (Å²) in [5, 5.41) is 1.65. The molecule has 0 fully saturated rings. The Balaban J connectivity index is 2.29. The molecule has 0 N–H and O–H groups in total. The van der Waals surface area contributed by atoms with Crippen molar-refractivity contribution in [1.82, 2.24) is 15.0 Å². The predicted octanol–water partition coefficient (Wildman–Crippen LogP) is 4.05. The highest BCUT2D eigenvalue weighted by Gasteiger charge is 2.09. The van der Waals surface area contributed by atoms with Gasteiger partial charge in [0.2, 0.25) is 11.2 Å². The minimum absolute atomic E-state index is 0.154. The van der Waals surface area contributed by atoms with Gasteiger partial charge in [-0.1, -0.05) is 23.2 Å². The van der Waals surface area contributed by atoms with E-state index < -0.39 is 0 Å². The van der Waals surface area contributed by atoms with Gasteiger partial charge in [0.25, 0.3) is 0 Å². The second-order valence-corrected chi connectivity index (χ2v) is 5.95. The molecule has 0 saturated carbocycles. The van der Waals surface area contributed by atoms with E-state index >= 15 is 0 Å². The van der Waals surface area contributed by atoms with E-state index in [0.29, 0.717) is 21.2 Å². The van der Waals surface area contributed by atoms with Gasteiger partial charge in [0.05, 0.1) is 10.0 Å². The molecule has 0 aliphatic heterocycles. The van der Waals surface area contributed by atoms with Gasteiger partial charge in [-0.2, -0.15) is 15.0 Å². The molecule has 2 aromatic rings. The molecule has 0 bridgehead atoms. The SMILES string of the molecule is CN(C)c1nc(Cl)nc(Sc2ccc(Cl)c(Cl)c2)n1. The molecule has 1 aromatic carbocycles. The van der Waals surface area contributed by atoms with Crippen LogP contribution in [0.3, 0.4) is 0 Å². The van der Waals surface area contributed by atoms with Crippen LogP contribution < -0.4 is 4.90 Å². The lowest BCUT2D eigenvalue weighted by atomic mass is 10.4. The predicted molar refractivity (Wildman–Crippen MR) is 79.7 cm³/mol. The number of halogens is 3. The van der Waals surface area contributed by atoms with Gasteiger partial charge in [0.1, 0.15) is 0 Å². The summed E-state index contributed by atoms with van der Waals surface area (Å²) in [6, 6.07) is 5.31. The van der Waals surface area contributed by atoms with Crippen molar-refractivity contribution in [2.75, 3.05) is 19.0 Å². The molecule has 0 aliphatic rings. The van der Waals surface area contributed by atoms with E-state index in [1.807, 2.05) is 20.2 Å². The van der Waals surface area contributed by atoms with Gasteiger partial charge in [-0.3, -0.25) is 0 Å². The first-order valence-corrected chi connectivity index (χ1v) is 7.12. The van der Waals surface area contributed by atoms with Crippen molar-refractivity contribution in [2.24, 2.45) is 0 Å². The molecule has 8 heteroatoms. The Morgan fingerprint density at radius 1 is 1.00 bits per heavy atom. The van der Waals surface area contributed by atoms with Crippen molar-refractivity contribution < 1.29 is 0 Å². The molecule has 2 rings (SSSR count). The molecular formula is C11H9Cl3N4S. The Morgan fingerprint density at radius 3 is 2.37 bits per heavy atom. The molecule has 0 saturated heterocycles. The minimum atomic E-state index is 0.154. The molecular weight excluding hydrogens is 327 g/mol. The molecule has 100 valence electrons. The fraction of sp³-hybridized carbons (Fsp3) is 0.182. The second kappa shape index (κ2) is 6.13. The van der Waals surface area contributed by atoms with E-state index in [1.54, 1.807) is 17.0 Å². The number of hydrogen-bond donors (Lipinski definition) is 0. The largest absolute Gasteiger partial charge is 0.347 e. The maximum atomic E-state index is 5.96. The van der Waals surface area contributed by atoms with Crippen molar-refractivity contribution in [1.29, 1.82) is 0 Å². The Kier molecular flexibility index (Phi) is 4.73. The highest BCUT2D eigenvalue weighted by molar-refractivity contribution is 7.99. The number of rotatable bonds is 3. The maximum absolute atomic E-state index is 5.96. The summed E-state index contributed by atoms with van der Waals surface area (Å²) in [7, 11) is 3.67. The summed E-state index contributed by atoms with van der Waals surface area (Å²) in [4.78, 5) is 15.0. The Labute approximate surface area is 130 Å². The fourth-order valence-corrected chi connectivity index (χ4v) is 2.57. The van der Waals surface area contributed by atoms with Crippen molar-refractivity contribution in [3.05, 3.63) is 33.5 Å². The van der Waals surface area contributed by atoms with Crippen LogP contribution in [-0.4, -0.2) is 29.0 Å². The molecule has 0 spiro atoms. The van der Waals surface area contributed by atoms with Crippen molar-refractivity contribution in [2.45, 2.75) is 10.1 Å². The fourth-order valence-electron chi connectivity index (χ4n) is 1.21. The third-order valence-corrected chi connectivity index (χ3v) is 3.84. The van der Waals surface area contributed by atoms with E-state index in [-0.39, 0.29) is 5.28 Å². The summed E-state index contributed by atoms with van der Waals surface area (Å²) in [6.07, 6.45) is 0. The first-order chi connectivity index (χ1) is 8.95. The van der Waals surface area contributed by atoms with Crippen molar-refractivity contribution >= 4 is 52.5 Å². The second-order valence-electron chi connectivity index (χ2n) is 3.76. The molecule has 1 aromatic heterocycles. The zero-order valence-electron chi connectivity index (χ0n) is 10.1. The molecule has 0 amide bonds. The average molecular weight is 336 g/mol. The summed E-state index contributed by atoms with van der Waals surface area (Å²) in [5.74, 6) is 0.502. The summed E-state index contributed by atoms with van der Waals surface area (Å²) in [6.45, 7) is 0. The first kappa shape index (κ1) is 14.7. The van der Waals surface area contributed by atoms with Gasteiger partial charge in [-0.25, -0.2) is 0 Å². The highest BCUT2D eigenvalue weighted by Crippen LogP contribution is 2.31. The van der Waals surface area contributed by atoms with E-state index in [1.165, 1.54) is 11.8 Å². The van der Waals surface area contributed by atoms with Crippen molar-refractivity contribution in [3.63, 3.8) is 0 Å². The van der Waals surface area contributed by atoms with Crippen LogP contribution in [0.1, 0.15) is 0 Å². The molecule has 0 aliphatic carbocycles. The lowest BCUT2D eigenvalue weighted by Crippen LogP contribution is -2.13. The topological polar surface area (TPSA) is 41.9 Å². The van der Waals surface area contributed by atoms with Crippen LogP contribution in [0.5, 0.6) is 0 Å². The highest BCUT2D eigenvalue weighted by atomic mass is 35.5. The third kappa shape index (κ3) is 3.86. The van der Waals surface area contributed by atoms with Crippen LogP contribution in [0.25, 0.3) is 0 Å². The van der Waals surface area contributed by atoms with Crippen LogP contribution in [0.2, 0.25) is 15.3 Å². The quantitative estimate of drug-likeness (QED) is 0.846. The zero-order chi connectivity index (χ0) is 14.0. The number of aromatic nitrogens is 3. The normalized spacial score (nSPS) is 10.6. The van der Waals surface area contributed by atoms with E-state index in [4.69, 9.17) is 34.8 Å². The molecule has 4 nitrogen and oxygen atoms in total. The lowest BCUT2D eigenvalue weighted by Gasteiger charge is -2.10. The number of nitrogens with zero attached hydrogens (tertiary/aromatic N) is 4. The summed E-state index contributed by atoms with van der Waals surface area (Å²) < 4.78 is 0. The molecule has 0 unspecified atom stereocenters. The summed E-state index contributed by atoms with van der Waals surface area (Å²) in [5.41, 5.74) is 0. The van der Waals surface area contributed by atoms with Crippen LogP contribution in [-0.2, 0) is 0 Å². The number of hydrogen-bond acceptors (Lipinski definition) is 5. The molecule has 0 radical (unpaired) electrons. The number of anilines is 1. The van der Waals surface area contributed by atoms with Crippen molar-refractivity contribution in [3.8, 4) is 0 Å². The summed E-state index contributed by atoms with van der Waals surface area (Å²) >= 11 is 19.0. The van der Waals surface area contributed by atoms with Crippen LogP contribution in [0.4, 0.5) is 5.95 Å². The Morgan fingerprint density at radius 2 is 1.74 bits per heavy atom. The first-order valence-electron chi connectivity index (χ1n) is 5.17. The smallest absolute Gasteiger partial charge is 0.230 e. The Hall–Kier alpha value is -0.750. The minimum Gasteiger partial charge on any atom is -0.347 e. The standard InChI is InChI=1S/C11H9Cl3N4S/c1-18(2)10-15-9(14)16-11(17-10)19-6-3-4-7(12)8(13)5-6/h3-5H,1-2H3. The van der Waals surface area contributed by atoms with E-state index in [2.05, 4.69) is 15.0 Å². The monoisotopic (exact) mass is 334 g/mol. The van der Waals surface area contributed by atoms with E-state index in [0.717, 1.165) is 4.90 Å². The van der Waals surface area contributed by atoms with Crippen LogP contribution >= 0.6 is 46.6 Å². The van der Waals surface area contributed by atoms with Gasteiger partial charge in [0, 0.05) is 19.0 Å². The van der Waals surface area contributed by atoms with E-state index in [9.17, 15) is 0 Å². The van der Waals surface area contributed by atoms with Crippen LogP contribution in [0, 0.1) is 0 Å². The van der Waals surface area contributed by atoms with Crippen LogP contribution in [0.15, 0.2) is 28.3 Å². The number of benzene rings is 1. The van der Waals surface area contributed by atoms with Gasteiger partial charge >= 0.3 is 0 Å². The maximum Gasteiger partial charge on any atom is 0.230 e. The molecule has 0 atom stereocenters. The van der Waals surface area contributed by atoms with Gasteiger partial charge in [0.15, 0.2) is 5.16 Å². The Bertz CT molecular complexity index is 606. The lowest BCUT2D eigenvalue weighted by molar-refractivity contribution is 0.866. The van der Waals surface area contributed by atoms with Gasteiger partial charge in [-0.05, 0) is 41.6 Å². The molecule has 1 heterocycles. The average Bonchev–Trinajstić information content (AvgIpc) is 2.33. The zero-order valence-corrected chi connectivity index (χ0v) is 13.1.